The van der Waals surface area contributed by atoms with Crippen molar-refractivity contribution in [2.45, 2.75) is 6.42 Å². The van der Waals surface area contributed by atoms with Gasteiger partial charge in [-0.05, 0) is 24.6 Å². The van der Waals surface area contributed by atoms with Gasteiger partial charge in [-0.2, -0.15) is 0 Å². The van der Waals surface area contributed by atoms with E-state index in [1.807, 2.05) is 30.3 Å². The summed E-state index contributed by atoms with van der Waals surface area (Å²) in [4.78, 5) is 24.4. The van der Waals surface area contributed by atoms with Crippen molar-refractivity contribution in [2.24, 2.45) is 5.92 Å². The first-order valence-corrected chi connectivity index (χ1v) is 6.82. The molecule has 0 bridgehead atoms. The minimum absolute atomic E-state index is 0.181. The molecule has 1 atom stereocenters. The van der Waals surface area contributed by atoms with Crippen molar-refractivity contribution in [3.05, 3.63) is 42.2 Å². The highest BCUT2D eigenvalue weighted by Crippen LogP contribution is 2.20. The van der Waals surface area contributed by atoms with Gasteiger partial charge < -0.3 is 14.4 Å². The topological polar surface area (TPSA) is 70.8 Å². The number of benzene rings is 1. The number of likely N-dealkylation sites (tertiary alicyclic amines) is 1. The lowest BCUT2D eigenvalue weighted by Crippen LogP contribution is -2.28. The Balaban J connectivity index is 1.68. The van der Waals surface area contributed by atoms with Crippen molar-refractivity contribution < 1.29 is 19.1 Å². The van der Waals surface area contributed by atoms with Crippen LogP contribution in [0, 0.1) is 5.92 Å². The Morgan fingerprint density at radius 3 is 2.86 bits per heavy atom. The van der Waals surface area contributed by atoms with Gasteiger partial charge in [0.1, 0.15) is 11.3 Å². The minimum Gasteiger partial charge on any atom is -0.481 e. The molecule has 1 aromatic carbocycles. The third kappa shape index (κ3) is 2.81. The summed E-state index contributed by atoms with van der Waals surface area (Å²) >= 11 is 0. The highest BCUT2D eigenvalue weighted by molar-refractivity contribution is 5.92. The molecular weight excluding hydrogens is 270 g/mol. The number of hydrogen-bond acceptors (Lipinski definition) is 3. The van der Waals surface area contributed by atoms with Gasteiger partial charge in [-0.25, -0.2) is 0 Å². The lowest BCUT2D eigenvalue weighted by Gasteiger charge is -2.12. The summed E-state index contributed by atoms with van der Waals surface area (Å²) < 4.78 is 5.59. The maximum Gasteiger partial charge on any atom is 0.308 e. The largest absolute Gasteiger partial charge is 0.481 e. The van der Waals surface area contributed by atoms with Gasteiger partial charge in [0.05, 0.1) is 5.92 Å². The highest BCUT2D eigenvalue weighted by atomic mass is 16.4. The number of hydrogen-bond donors (Lipinski definition) is 1. The second kappa shape index (κ2) is 5.44. The Morgan fingerprint density at radius 1 is 1.33 bits per heavy atom. The molecular formula is C16H15NO4. The summed E-state index contributed by atoms with van der Waals surface area (Å²) in [5.41, 5.74) is 0.775. The van der Waals surface area contributed by atoms with Crippen molar-refractivity contribution in [2.75, 3.05) is 13.1 Å². The van der Waals surface area contributed by atoms with Crippen LogP contribution in [0.2, 0.25) is 0 Å². The standard InChI is InChI=1S/C16H15NO4/c18-15(17-8-7-12(10-17)16(19)20)6-5-13-9-11-3-1-2-4-14(11)21-13/h1-6,9,12H,7-8,10H2,(H,19,20). The van der Waals surface area contributed by atoms with E-state index in [-0.39, 0.29) is 12.5 Å². The van der Waals surface area contributed by atoms with E-state index in [9.17, 15) is 9.59 Å². The van der Waals surface area contributed by atoms with Crippen LogP contribution in [-0.4, -0.2) is 35.0 Å². The maximum absolute atomic E-state index is 12.0. The van der Waals surface area contributed by atoms with Gasteiger partial charge in [0.15, 0.2) is 0 Å². The molecule has 1 fully saturated rings. The lowest BCUT2D eigenvalue weighted by atomic mass is 10.1. The molecule has 5 heteroatoms. The van der Waals surface area contributed by atoms with Crippen LogP contribution in [0.5, 0.6) is 0 Å². The summed E-state index contributed by atoms with van der Waals surface area (Å²) in [6.45, 7) is 0.763. The number of fused-ring (bicyclic) bond motifs is 1. The number of carboxylic acids is 1. The SMILES string of the molecule is O=C(O)C1CCN(C(=O)C=Cc2cc3ccccc3o2)C1. The predicted octanol–water partition coefficient (Wildman–Crippen LogP) is 2.38. The Bertz CT molecular complexity index is 683. The number of carbonyl (C=O) groups is 2. The highest BCUT2D eigenvalue weighted by Gasteiger charge is 2.29. The molecule has 0 radical (unpaired) electrons. The molecule has 2 heterocycles. The Kier molecular flexibility index (Phi) is 3.48. The molecule has 3 rings (SSSR count). The van der Waals surface area contributed by atoms with Gasteiger partial charge in [0.2, 0.25) is 5.91 Å². The van der Waals surface area contributed by atoms with Crippen molar-refractivity contribution in [3.8, 4) is 0 Å². The molecule has 5 nitrogen and oxygen atoms in total. The second-order valence-corrected chi connectivity index (χ2v) is 5.13. The molecule has 2 aromatic rings. The van der Waals surface area contributed by atoms with Gasteiger partial charge in [0, 0.05) is 24.6 Å². The van der Waals surface area contributed by atoms with Crippen molar-refractivity contribution in [3.63, 3.8) is 0 Å². The van der Waals surface area contributed by atoms with Crippen LogP contribution in [-0.2, 0) is 9.59 Å². The van der Waals surface area contributed by atoms with Crippen LogP contribution in [0.4, 0.5) is 0 Å². The summed E-state index contributed by atoms with van der Waals surface area (Å²) in [7, 11) is 0. The van der Waals surface area contributed by atoms with Crippen LogP contribution in [0.1, 0.15) is 12.2 Å². The van der Waals surface area contributed by atoms with E-state index in [1.165, 1.54) is 6.08 Å². The van der Waals surface area contributed by atoms with Crippen LogP contribution in [0.25, 0.3) is 17.0 Å². The molecule has 1 aliphatic rings. The monoisotopic (exact) mass is 285 g/mol. The lowest BCUT2D eigenvalue weighted by molar-refractivity contribution is -0.141. The van der Waals surface area contributed by atoms with Gasteiger partial charge in [-0.15, -0.1) is 0 Å². The molecule has 1 aliphatic heterocycles. The zero-order valence-corrected chi connectivity index (χ0v) is 11.4. The molecule has 0 aliphatic carbocycles. The van der Waals surface area contributed by atoms with Gasteiger partial charge in [0.25, 0.3) is 0 Å². The summed E-state index contributed by atoms with van der Waals surface area (Å²) in [6.07, 6.45) is 3.57. The average molecular weight is 285 g/mol. The average Bonchev–Trinajstić information content (AvgIpc) is 3.11. The zero-order chi connectivity index (χ0) is 14.8. The molecule has 1 saturated heterocycles. The molecule has 21 heavy (non-hydrogen) atoms. The third-order valence-electron chi connectivity index (χ3n) is 3.68. The smallest absolute Gasteiger partial charge is 0.308 e. The Hall–Kier alpha value is -2.56. The second-order valence-electron chi connectivity index (χ2n) is 5.13. The molecule has 1 amide bonds. The fourth-order valence-electron chi connectivity index (χ4n) is 2.51. The van der Waals surface area contributed by atoms with Crippen LogP contribution in [0.3, 0.4) is 0 Å². The maximum atomic E-state index is 12.0. The predicted molar refractivity (Wildman–Crippen MR) is 77.6 cm³/mol. The number of furan rings is 1. The molecule has 1 unspecified atom stereocenters. The molecule has 1 aromatic heterocycles. The minimum atomic E-state index is -0.841. The summed E-state index contributed by atoms with van der Waals surface area (Å²) in [5, 5.41) is 9.91. The van der Waals surface area contributed by atoms with Gasteiger partial charge in [-0.1, -0.05) is 18.2 Å². The Labute approximate surface area is 121 Å². The first-order valence-electron chi connectivity index (χ1n) is 6.82. The number of nitrogens with zero attached hydrogens (tertiary/aromatic N) is 1. The Morgan fingerprint density at radius 2 is 2.14 bits per heavy atom. The van der Waals surface area contributed by atoms with E-state index in [0.29, 0.717) is 18.7 Å². The van der Waals surface area contributed by atoms with Crippen LogP contribution < -0.4 is 0 Å². The number of carbonyl (C=O) groups excluding carboxylic acids is 1. The van der Waals surface area contributed by atoms with Crippen molar-refractivity contribution in [1.29, 1.82) is 0 Å². The summed E-state index contributed by atoms with van der Waals surface area (Å²) in [6, 6.07) is 9.49. The first kappa shape index (κ1) is 13.4. The number of amides is 1. The van der Waals surface area contributed by atoms with Crippen LogP contribution in [0.15, 0.2) is 40.8 Å². The number of para-hydroxylation sites is 1. The fraction of sp³-hybridized carbons (Fsp3) is 0.250. The number of aliphatic carboxylic acids is 1. The number of carboxylic acid groups (broad SMARTS) is 1. The number of rotatable bonds is 3. The van der Waals surface area contributed by atoms with E-state index in [4.69, 9.17) is 9.52 Å². The fourth-order valence-corrected chi connectivity index (χ4v) is 2.51. The van der Waals surface area contributed by atoms with E-state index >= 15 is 0 Å². The molecule has 0 saturated carbocycles. The zero-order valence-electron chi connectivity index (χ0n) is 11.4. The van der Waals surface area contributed by atoms with Crippen molar-refractivity contribution >= 4 is 28.9 Å². The quantitative estimate of drug-likeness (QED) is 0.879. The van der Waals surface area contributed by atoms with Gasteiger partial charge >= 0.3 is 5.97 Å². The molecule has 1 N–H and O–H groups in total. The van der Waals surface area contributed by atoms with E-state index in [2.05, 4.69) is 0 Å². The van der Waals surface area contributed by atoms with Crippen LogP contribution >= 0.6 is 0 Å². The third-order valence-corrected chi connectivity index (χ3v) is 3.68. The normalized spacial score (nSPS) is 18.7. The van der Waals surface area contributed by atoms with Gasteiger partial charge in [-0.3, -0.25) is 9.59 Å². The first-order chi connectivity index (χ1) is 10.1. The molecule has 108 valence electrons. The van der Waals surface area contributed by atoms with E-state index < -0.39 is 11.9 Å². The summed E-state index contributed by atoms with van der Waals surface area (Å²) in [5.74, 6) is -0.863. The molecule has 0 spiro atoms. The van der Waals surface area contributed by atoms with E-state index in [1.54, 1.807) is 11.0 Å². The van der Waals surface area contributed by atoms with Crippen molar-refractivity contribution in [1.82, 2.24) is 4.90 Å². The van der Waals surface area contributed by atoms with E-state index in [0.717, 1.165) is 11.0 Å².